The minimum Gasteiger partial charge on any atom is -0.407 e. The van der Waals surface area contributed by atoms with Crippen LogP contribution in [0.1, 0.15) is 46.5 Å². The molecule has 0 saturated carbocycles. The molecular weight excluding hydrogens is 384 g/mol. The number of ketones is 1. The van der Waals surface area contributed by atoms with Gasteiger partial charge in [-0.3, -0.25) is 4.79 Å². The van der Waals surface area contributed by atoms with E-state index in [-0.39, 0.29) is 16.2 Å². The molecule has 0 aliphatic heterocycles. The fourth-order valence-corrected chi connectivity index (χ4v) is 9.31. The molecule has 0 bridgehead atoms. The molecule has 158 valence electrons. The molecule has 30 heavy (non-hydrogen) atoms. The van der Waals surface area contributed by atoms with Gasteiger partial charge in [0.15, 0.2) is 5.78 Å². The van der Waals surface area contributed by atoms with Gasteiger partial charge in [-0.2, -0.15) is 0 Å². The lowest BCUT2D eigenvalue weighted by Crippen LogP contribution is -2.66. The van der Waals surface area contributed by atoms with E-state index >= 15 is 0 Å². The summed E-state index contributed by atoms with van der Waals surface area (Å²) in [7, 11) is -2.52. The lowest BCUT2D eigenvalue weighted by molar-refractivity contribution is -0.115. The molecule has 1 atom stereocenters. The molecule has 1 aliphatic carbocycles. The second-order valence-electron chi connectivity index (χ2n) is 9.42. The highest BCUT2D eigenvalue weighted by Gasteiger charge is 2.50. The predicted molar refractivity (Wildman–Crippen MR) is 129 cm³/mol. The van der Waals surface area contributed by atoms with Crippen LogP contribution in [0.25, 0.3) is 0 Å². The maximum Gasteiger partial charge on any atom is 0.261 e. The summed E-state index contributed by atoms with van der Waals surface area (Å²) in [6, 6.07) is 21.5. The Kier molecular flexibility index (Phi) is 6.94. The van der Waals surface area contributed by atoms with Crippen LogP contribution in [0.2, 0.25) is 5.04 Å². The zero-order valence-corrected chi connectivity index (χ0v) is 19.6. The van der Waals surface area contributed by atoms with Crippen molar-refractivity contribution in [3.05, 3.63) is 85.5 Å². The average Bonchev–Trinajstić information content (AvgIpc) is 2.74. The van der Waals surface area contributed by atoms with E-state index in [1.807, 2.05) is 6.08 Å². The number of allylic oxidation sites excluding steroid dienone is 3. The van der Waals surface area contributed by atoms with Crippen molar-refractivity contribution in [1.82, 2.24) is 0 Å². The summed E-state index contributed by atoms with van der Waals surface area (Å²) in [5, 5.41) is 2.58. The van der Waals surface area contributed by atoms with E-state index < -0.39 is 8.32 Å². The third-order valence-electron chi connectivity index (χ3n) is 6.38. The fourth-order valence-electron chi connectivity index (χ4n) is 4.75. The van der Waals surface area contributed by atoms with Crippen LogP contribution in [0.5, 0.6) is 0 Å². The molecule has 0 aromatic heterocycles. The van der Waals surface area contributed by atoms with Crippen LogP contribution >= 0.6 is 0 Å². The highest BCUT2D eigenvalue weighted by atomic mass is 28.4. The van der Waals surface area contributed by atoms with Gasteiger partial charge in [-0.1, -0.05) is 93.6 Å². The number of hydrogen-bond acceptors (Lipinski definition) is 2. The van der Waals surface area contributed by atoms with Gasteiger partial charge in [-0.05, 0) is 46.2 Å². The van der Waals surface area contributed by atoms with Crippen molar-refractivity contribution in [3.8, 4) is 0 Å². The number of carbonyl (C=O) groups excluding carboxylic acids is 1. The van der Waals surface area contributed by atoms with E-state index in [0.717, 1.165) is 19.3 Å². The first-order valence-corrected chi connectivity index (χ1v) is 12.8. The quantitative estimate of drug-likeness (QED) is 0.422. The van der Waals surface area contributed by atoms with E-state index in [1.165, 1.54) is 10.4 Å². The first-order valence-electron chi connectivity index (χ1n) is 10.9. The lowest BCUT2D eigenvalue weighted by Gasteiger charge is -2.44. The van der Waals surface area contributed by atoms with E-state index in [1.54, 1.807) is 6.08 Å². The normalized spacial score (nSPS) is 19.6. The Bertz CT molecular complexity index is 841. The van der Waals surface area contributed by atoms with Crippen molar-refractivity contribution in [2.75, 3.05) is 6.61 Å². The largest absolute Gasteiger partial charge is 0.407 e. The third-order valence-corrected chi connectivity index (χ3v) is 11.4. The summed E-state index contributed by atoms with van der Waals surface area (Å²) in [4.78, 5) is 11.8. The van der Waals surface area contributed by atoms with Gasteiger partial charge in [0.25, 0.3) is 8.32 Å². The van der Waals surface area contributed by atoms with Crippen molar-refractivity contribution in [2.45, 2.75) is 51.5 Å². The maximum atomic E-state index is 11.8. The third kappa shape index (κ3) is 4.58. The smallest absolute Gasteiger partial charge is 0.261 e. The van der Waals surface area contributed by atoms with Gasteiger partial charge >= 0.3 is 0 Å². The maximum absolute atomic E-state index is 11.8. The molecule has 2 nitrogen and oxygen atoms in total. The molecule has 0 saturated heterocycles. The van der Waals surface area contributed by atoms with Gasteiger partial charge in [0.2, 0.25) is 0 Å². The van der Waals surface area contributed by atoms with E-state index in [4.69, 9.17) is 4.43 Å². The summed E-state index contributed by atoms with van der Waals surface area (Å²) < 4.78 is 7.05. The average molecular weight is 419 g/mol. The number of hydrogen-bond donors (Lipinski definition) is 0. The van der Waals surface area contributed by atoms with E-state index in [0.29, 0.717) is 13.0 Å². The summed E-state index contributed by atoms with van der Waals surface area (Å²) in [6.07, 6.45) is 9.10. The van der Waals surface area contributed by atoms with Crippen LogP contribution in [0.4, 0.5) is 0 Å². The molecule has 0 radical (unpaired) electrons. The van der Waals surface area contributed by atoms with Gasteiger partial charge < -0.3 is 4.43 Å². The predicted octanol–water partition coefficient (Wildman–Crippen LogP) is 5.43. The molecule has 0 heterocycles. The highest BCUT2D eigenvalue weighted by Crippen LogP contribution is 2.40. The second kappa shape index (κ2) is 9.28. The number of carbonyl (C=O) groups is 1. The Morgan fingerprint density at radius 3 is 2.03 bits per heavy atom. The fraction of sp³-hybridized carbons (Fsp3) is 0.370. The van der Waals surface area contributed by atoms with Crippen molar-refractivity contribution >= 4 is 24.5 Å². The van der Waals surface area contributed by atoms with Crippen LogP contribution in [0.15, 0.2) is 85.5 Å². The number of benzene rings is 2. The van der Waals surface area contributed by atoms with E-state index in [2.05, 4.69) is 94.1 Å². The van der Waals surface area contributed by atoms with Crippen LogP contribution in [0, 0.1) is 5.41 Å². The summed E-state index contributed by atoms with van der Waals surface area (Å²) in [6.45, 7) is 11.5. The molecular formula is C27H34O2Si. The molecule has 0 fully saturated rings. The van der Waals surface area contributed by atoms with Crippen molar-refractivity contribution in [3.63, 3.8) is 0 Å². The van der Waals surface area contributed by atoms with Crippen LogP contribution in [0.3, 0.4) is 0 Å². The van der Waals surface area contributed by atoms with Gasteiger partial charge in [-0.15, -0.1) is 6.58 Å². The van der Waals surface area contributed by atoms with Crippen molar-refractivity contribution < 1.29 is 9.22 Å². The first kappa shape index (κ1) is 22.5. The van der Waals surface area contributed by atoms with Crippen molar-refractivity contribution in [1.29, 1.82) is 0 Å². The topological polar surface area (TPSA) is 26.3 Å². The monoisotopic (exact) mass is 418 g/mol. The summed E-state index contributed by atoms with van der Waals surface area (Å²) in [5.74, 6) is 0.225. The molecule has 3 rings (SSSR count). The Labute approximate surface area is 182 Å². The second-order valence-corrected chi connectivity index (χ2v) is 13.7. The zero-order chi connectivity index (χ0) is 21.7. The molecule has 0 N–H and O–H groups in total. The molecule has 3 heteroatoms. The highest BCUT2D eigenvalue weighted by molar-refractivity contribution is 6.99. The van der Waals surface area contributed by atoms with E-state index in [9.17, 15) is 4.79 Å². The Morgan fingerprint density at radius 1 is 1.03 bits per heavy atom. The van der Waals surface area contributed by atoms with Crippen LogP contribution in [-0.4, -0.2) is 20.7 Å². The molecule has 1 aliphatic rings. The zero-order valence-electron chi connectivity index (χ0n) is 18.6. The molecule has 0 spiro atoms. The van der Waals surface area contributed by atoms with Gasteiger partial charge in [0.1, 0.15) is 0 Å². The van der Waals surface area contributed by atoms with Gasteiger partial charge in [0.05, 0.1) is 0 Å². The number of rotatable bonds is 8. The summed E-state index contributed by atoms with van der Waals surface area (Å²) >= 11 is 0. The SMILES string of the molecule is C=CC[C@@]1(CCO[Si](c2ccccc2)(c2ccccc2)C(C)(C)C)C=CC(=O)CC1. The van der Waals surface area contributed by atoms with Crippen molar-refractivity contribution in [2.24, 2.45) is 5.41 Å². The van der Waals surface area contributed by atoms with Gasteiger partial charge in [0, 0.05) is 13.0 Å². The first-order chi connectivity index (χ1) is 14.3. The Hall–Kier alpha value is -2.23. The Balaban J connectivity index is 1.96. The van der Waals surface area contributed by atoms with Gasteiger partial charge in [-0.25, -0.2) is 0 Å². The standard InChI is InChI=1S/C27H34O2Si/c1-5-18-27(19-16-23(28)17-20-27)21-22-29-30(26(2,3)4,24-12-8-6-9-13-24)25-14-10-7-11-15-25/h5-16,19H,1,17-18,20-22H2,2-4H3/t27-/m1/s1. The Morgan fingerprint density at radius 2 is 1.60 bits per heavy atom. The minimum atomic E-state index is -2.52. The lowest BCUT2D eigenvalue weighted by atomic mass is 9.74. The summed E-state index contributed by atoms with van der Waals surface area (Å²) in [5.41, 5.74) is -0.0267. The molecule has 2 aromatic carbocycles. The van der Waals surface area contributed by atoms with Crippen LogP contribution in [-0.2, 0) is 9.22 Å². The molecule has 0 amide bonds. The molecule has 2 aromatic rings. The minimum absolute atomic E-state index is 0.0267. The van der Waals surface area contributed by atoms with Crippen LogP contribution < -0.4 is 10.4 Å². The molecule has 0 unspecified atom stereocenters.